The molecule has 3 N–H and O–H groups in total. The maximum absolute atomic E-state index is 13.1. The van der Waals surface area contributed by atoms with Crippen molar-refractivity contribution in [2.75, 3.05) is 30.8 Å². The topological polar surface area (TPSA) is 124 Å². The molecule has 3 aromatic rings. The zero-order valence-electron chi connectivity index (χ0n) is 21.9. The zero-order valence-corrected chi connectivity index (χ0v) is 24.0. The van der Waals surface area contributed by atoms with Crippen LogP contribution in [0.25, 0.3) is 0 Å². The van der Waals surface area contributed by atoms with Crippen LogP contribution in [0.5, 0.6) is 0 Å². The van der Waals surface area contributed by atoms with Gasteiger partial charge in [-0.3, -0.25) is 19.8 Å². The highest BCUT2D eigenvalue weighted by molar-refractivity contribution is 14.1. The molecule has 1 fully saturated rings. The number of hydrogen-bond acceptors (Lipinski definition) is 6. The van der Waals surface area contributed by atoms with Gasteiger partial charge in [0.15, 0.2) is 0 Å². The van der Waals surface area contributed by atoms with Gasteiger partial charge in [0.05, 0.1) is 24.3 Å². The first kappa shape index (κ1) is 28.8. The molecule has 204 valence electrons. The lowest BCUT2D eigenvalue weighted by atomic mass is 9.96. The van der Waals surface area contributed by atoms with Crippen molar-refractivity contribution < 1.29 is 19.1 Å². The lowest BCUT2D eigenvalue weighted by Gasteiger charge is -2.32. The van der Waals surface area contributed by atoms with Crippen molar-refractivity contribution in [1.29, 1.82) is 5.41 Å². The van der Waals surface area contributed by atoms with Gasteiger partial charge in [-0.25, -0.2) is 4.98 Å². The number of benzene rings is 2. The largest absolute Gasteiger partial charge is 0.469 e. The molecule has 0 spiro atoms. The van der Waals surface area contributed by atoms with Gasteiger partial charge in [0, 0.05) is 40.4 Å². The van der Waals surface area contributed by atoms with Crippen molar-refractivity contribution in [2.24, 2.45) is 5.92 Å². The molecule has 0 atom stereocenters. The Labute approximate surface area is 246 Å². The van der Waals surface area contributed by atoms with Crippen LogP contribution in [0.3, 0.4) is 0 Å². The Hall–Kier alpha value is -4.24. The van der Waals surface area contributed by atoms with E-state index in [-0.39, 0.29) is 17.5 Å². The molecule has 0 saturated carbocycles. The number of piperidine rings is 1. The van der Waals surface area contributed by atoms with E-state index in [0.717, 1.165) is 9.99 Å². The van der Waals surface area contributed by atoms with Crippen molar-refractivity contribution >= 4 is 57.7 Å². The minimum Gasteiger partial charge on any atom is -0.469 e. The maximum atomic E-state index is 13.1. The minimum absolute atomic E-state index is 0.139. The number of aromatic nitrogens is 1. The van der Waals surface area contributed by atoms with Gasteiger partial charge in [-0.1, -0.05) is 46.7 Å². The molecule has 1 aliphatic rings. The van der Waals surface area contributed by atoms with Crippen LogP contribution in [-0.4, -0.2) is 53.7 Å². The molecular weight excluding hydrogens is 621 g/mol. The molecule has 2 heterocycles. The summed E-state index contributed by atoms with van der Waals surface area (Å²) >= 11 is 2.23. The molecular formula is C30H28IN5O4. The van der Waals surface area contributed by atoms with Gasteiger partial charge < -0.3 is 20.3 Å². The number of ether oxygens (including phenoxy) is 1. The summed E-state index contributed by atoms with van der Waals surface area (Å²) in [6, 6.07) is 15.1. The summed E-state index contributed by atoms with van der Waals surface area (Å²) in [7, 11) is 1.39. The maximum Gasteiger partial charge on any atom is 0.308 e. The first-order valence-corrected chi connectivity index (χ1v) is 14.1. The molecule has 2 amide bonds. The fraction of sp³-hybridized carbons (Fsp3) is 0.233. The number of pyridine rings is 1. The molecule has 2 aromatic carbocycles. The third-order valence-corrected chi connectivity index (χ3v) is 7.55. The summed E-state index contributed by atoms with van der Waals surface area (Å²) in [5.74, 6) is 2.01. The third-order valence-electron chi connectivity index (χ3n) is 6.67. The van der Waals surface area contributed by atoms with E-state index in [4.69, 9.17) is 16.6 Å². The molecule has 1 aromatic heterocycles. The van der Waals surface area contributed by atoms with Gasteiger partial charge in [-0.15, -0.1) is 6.42 Å². The van der Waals surface area contributed by atoms with Gasteiger partial charge in [-0.2, -0.15) is 0 Å². The quantitative estimate of drug-likeness (QED) is 0.0851. The summed E-state index contributed by atoms with van der Waals surface area (Å²) in [5.41, 5.74) is 3.06. The Morgan fingerprint density at radius 3 is 2.35 bits per heavy atom. The van der Waals surface area contributed by atoms with Crippen molar-refractivity contribution in [3.63, 3.8) is 0 Å². The van der Waals surface area contributed by atoms with E-state index < -0.39 is 11.8 Å². The van der Waals surface area contributed by atoms with Crippen LogP contribution in [0.1, 0.15) is 50.2 Å². The summed E-state index contributed by atoms with van der Waals surface area (Å²) in [4.78, 5) is 44.1. The van der Waals surface area contributed by atoms with Crippen molar-refractivity contribution in [3.8, 4) is 12.3 Å². The van der Waals surface area contributed by atoms with E-state index >= 15 is 0 Å². The van der Waals surface area contributed by atoms with Gasteiger partial charge in [0.1, 0.15) is 11.7 Å². The predicted molar refractivity (Wildman–Crippen MR) is 162 cm³/mol. The molecule has 0 aliphatic carbocycles. The van der Waals surface area contributed by atoms with Crippen molar-refractivity contribution in [2.45, 2.75) is 17.3 Å². The Morgan fingerprint density at radius 1 is 1.05 bits per heavy atom. The number of rotatable bonds is 7. The molecule has 10 heteroatoms. The van der Waals surface area contributed by atoms with E-state index in [0.29, 0.717) is 60.0 Å². The van der Waals surface area contributed by atoms with Crippen LogP contribution < -0.4 is 10.6 Å². The number of halogens is 1. The minimum atomic E-state index is -0.457. The summed E-state index contributed by atoms with van der Waals surface area (Å²) < 4.78 is 5.63. The number of methoxy groups -OCH3 is 1. The number of terminal acetylenes is 1. The van der Waals surface area contributed by atoms with E-state index in [9.17, 15) is 14.4 Å². The highest BCUT2D eigenvalue weighted by Gasteiger charge is 2.27. The second kappa shape index (κ2) is 13.2. The van der Waals surface area contributed by atoms with Crippen LogP contribution in [0.4, 0.5) is 11.5 Å². The number of nitrogens with zero attached hydrogens (tertiary/aromatic N) is 2. The van der Waals surface area contributed by atoms with Crippen LogP contribution in [0, 0.1) is 23.7 Å². The molecule has 40 heavy (non-hydrogen) atoms. The average Bonchev–Trinajstić information content (AvgIpc) is 3.00. The highest BCUT2D eigenvalue weighted by atomic mass is 127. The number of likely N-dealkylation sites (tertiary alicyclic amines) is 1. The Bertz CT molecular complexity index is 1460. The molecule has 0 bridgehead atoms. The van der Waals surface area contributed by atoms with E-state index in [1.54, 1.807) is 48.7 Å². The van der Waals surface area contributed by atoms with E-state index in [2.05, 4.69) is 44.1 Å². The predicted octanol–water partition coefficient (Wildman–Crippen LogP) is 4.71. The first-order valence-electron chi connectivity index (χ1n) is 12.6. The van der Waals surface area contributed by atoms with Crippen LogP contribution >= 0.6 is 22.6 Å². The average molecular weight is 649 g/mol. The van der Waals surface area contributed by atoms with E-state index in [1.165, 1.54) is 13.2 Å². The summed E-state index contributed by atoms with van der Waals surface area (Å²) in [6.45, 7) is 1.16. The SMILES string of the molecule is C#Cc1ccc(NC(=O)c2ccc(C(=N)N3CCC(C(=O)OC)CC3)cc2)c(C(=O)Nc2ccc(CI)cn2)c1. The van der Waals surface area contributed by atoms with Crippen LogP contribution in [0.15, 0.2) is 60.8 Å². The lowest BCUT2D eigenvalue weighted by Crippen LogP contribution is -2.40. The molecule has 9 nitrogen and oxygen atoms in total. The van der Waals surface area contributed by atoms with Crippen molar-refractivity contribution in [3.05, 3.63) is 88.6 Å². The molecule has 0 unspecified atom stereocenters. The fourth-order valence-electron chi connectivity index (χ4n) is 4.35. The summed E-state index contributed by atoms with van der Waals surface area (Å²) in [5, 5.41) is 14.1. The van der Waals surface area contributed by atoms with Gasteiger partial charge >= 0.3 is 5.97 Å². The number of carbonyl (C=O) groups is 3. The van der Waals surface area contributed by atoms with Crippen LogP contribution in [0.2, 0.25) is 0 Å². The van der Waals surface area contributed by atoms with Gasteiger partial charge in [-0.05, 0) is 54.8 Å². The Morgan fingerprint density at radius 2 is 1.75 bits per heavy atom. The zero-order chi connectivity index (χ0) is 28.6. The number of hydrogen-bond donors (Lipinski definition) is 3. The van der Waals surface area contributed by atoms with E-state index in [1.807, 2.05) is 11.0 Å². The number of carbonyl (C=O) groups excluding carboxylic acids is 3. The summed E-state index contributed by atoms with van der Waals surface area (Å²) in [6.07, 6.45) is 8.49. The van der Waals surface area contributed by atoms with Gasteiger partial charge in [0.2, 0.25) is 0 Å². The number of nitrogens with one attached hydrogen (secondary N) is 3. The third kappa shape index (κ3) is 6.84. The highest BCUT2D eigenvalue weighted by Crippen LogP contribution is 2.22. The molecule has 0 radical (unpaired) electrons. The Kier molecular flexibility index (Phi) is 9.50. The Balaban J connectivity index is 1.44. The number of esters is 1. The monoisotopic (exact) mass is 649 g/mol. The molecule has 1 aliphatic heterocycles. The molecule has 1 saturated heterocycles. The lowest BCUT2D eigenvalue weighted by molar-refractivity contribution is -0.146. The second-order valence-electron chi connectivity index (χ2n) is 9.21. The van der Waals surface area contributed by atoms with Crippen LogP contribution in [-0.2, 0) is 14.0 Å². The number of amides is 2. The smallest absolute Gasteiger partial charge is 0.308 e. The van der Waals surface area contributed by atoms with Crippen molar-refractivity contribution in [1.82, 2.24) is 9.88 Å². The number of alkyl halides is 1. The number of amidine groups is 1. The normalized spacial score (nSPS) is 13.2. The van der Waals surface area contributed by atoms with Gasteiger partial charge in [0.25, 0.3) is 11.8 Å². The molecule has 4 rings (SSSR count). The fourth-order valence-corrected chi connectivity index (χ4v) is 4.81. The first-order chi connectivity index (χ1) is 19.3. The second-order valence-corrected chi connectivity index (χ2v) is 9.97. The standard InChI is InChI=1S/C30H28IN5O4/c1-3-19-4-10-25(24(16-19)29(38)35-26-11-5-20(17-31)18-33-26)34-28(37)22-8-6-21(7-9-22)27(32)36-14-12-23(13-15-36)30(39)40-2/h1,4-11,16,18,23,32H,12-15,17H2,2H3,(H,34,37)(H,33,35,38). The number of anilines is 2.